The maximum atomic E-state index is 12.0. The lowest BCUT2D eigenvalue weighted by molar-refractivity contribution is 0.386. The molecule has 29 heavy (non-hydrogen) atoms. The Morgan fingerprint density at radius 1 is 0.448 bits per heavy atom. The molecule has 3 nitrogen and oxygen atoms in total. The Hall–Kier alpha value is -0.0900. The molecule has 0 saturated carbocycles. The molecule has 0 aromatic heterocycles. The van der Waals surface area contributed by atoms with Crippen LogP contribution in [-0.4, -0.2) is 32.1 Å². The molecule has 0 aliphatic carbocycles. The summed E-state index contributed by atoms with van der Waals surface area (Å²) in [6.07, 6.45) is 27.2. The van der Waals surface area contributed by atoms with E-state index in [1.807, 2.05) is 0 Å². The summed E-state index contributed by atoms with van der Waals surface area (Å²) in [7, 11) is -3.05. The van der Waals surface area contributed by atoms with Gasteiger partial charge in [-0.05, 0) is 12.8 Å². The molecule has 0 unspecified atom stereocenters. The number of hydrogen-bond donors (Lipinski definition) is 0. The van der Waals surface area contributed by atoms with Gasteiger partial charge in [-0.1, -0.05) is 129 Å². The molecule has 0 heterocycles. The quantitative estimate of drug-likeness (QED) is 0.153. The highest BCUT2D eigenvalue weighted by Crippen LogP contribution is 2.13. The summed E-state index contributed by atoms with van der Waals surface area (Å²) < 4.78 is 25.8. The Morgan fingerprint density at radius 3 is 0.931 bits per heavy atom. The molecule has 0 radical (unpaired) electrons. The number of rotatable bonds is 23. The third kappa shape index (κ3) is 20.9. The highest BCUT2D eigenvalue weighted by atomic mass is 32.2. The molecule has 0 aromatic rings. The van der Waals surface area contributed by atoms with Gasteiger partial charge in [-0.3, -0.25) is 0 Å². The van der Waals surface area contributed by atoms with Gasteiger partial charge in [0.15, 0.2) is 0 Å². The molecule has 0 rings (SSSR count). The van der Waals surface area contributed by atoms with Crippen molar-refractivity contribution in [2.75, 3.05) is 19.3 Å². The number of sulfonamides is 1. The third-order valence-electron chi connectivity index (χ3n) is 5.99. The van der Waals surface area contributed by atoms with Crippen molar-refractivity contribution in [1.29, 1.82) is 0 Å². The summed E-state index contributed by atoms with van der Waals surface area (Å²) in [6.45, 7) is 5.95. The minimum absolute atomic E-state index is 0.715. The maximum absolute atomic E-state index is 12.0. The molecule has 176 valence electrons. The predicted octanol–water partition coefficient (Wildman–Crippen LogP) is 8.09. The monoisotopic (exact) mass is 431 g/mol. The first-order valence-corrected chi connectivity index (χ1v) is 14.8. The lowest BCUT2D eigenvalue weighted by Gasteiger charge is -2.19. The average molecular weight is 432 g/mol. The minimum atomic E-state index is -3.05. The summed E-state index contributed by atoms with van der Waals surface area (Å²) in [6, 6.07) is 0. The van der Waals surface area contributed by atoms with E-state index in [2.05, 4.69) is 13.8 Å². The van der Waals surface area contributed by atoms with Gasteiger partial charge in [-0.25, -0.2) is 12.7 Å². The van der Waals surface area contributed by atoms with Crippen molar-refractivity contribution in [3.8, 4) is 0 Å². The summed E-state index contributed by atoms with van der Waals surface area (Å²) in [5.41, 5.74) is 0. The van der Waals surface area contributed by atoms with E-state index >= 15 is 0 Å². The summed E-state index contributed by atoms with van der Waals surface area (Å²) in [4.78, 5) is 0. The Labute approximate surface area is 184 Å². The highest BCUT2D eigenvalue weighted by molar-refractivity contribution is 7.88. The van der Waals surface area contributed by atoms with Crippen molar-refractivity contribution in [2.45, 2.75) is 142 Å². The lowest BCUT2D eigenvalue weighted by Crippen LogP contribution is -2.32. The van der Waals surface area contributed by atoms with Crippen LogP contribution >= 0.6 is 0 Å². The van der Waals surface area contributed by atoms with Crippen LogP contribution in [0.25, 0.3) is 0 Å². The number of unbranched alkanes of at least 4 members (excludes halogenated alkanes) is 18. The Bertz CT molecular complexity index is 399. The first-order valence-electron chi connectivity index (χ1n) is 13.0. The molecule has 0 N–H and O–H groups in total. The zero-order chi connectivity index (χ0) is 21.6. The number of nitrogens with zero attached hydrogens (tertiary/aromatic N) is 1. The summed E-state index contributed by atoms with van der Waals surface area (Å²) >= 11 is 0. The van der Waals surface area contributed by atoms with E-state index in [4.69, 9.17) is 0 Å². The minimum Gasteiger partial charge on any atom is -0.213 e. The van der Waals surface area contributed by atoms with Gasteiger partial charge in [0.05, 0.1) is 6.26 Å². The largest absolute Gasteiger partial charge is 0.213 e. The Kier molecular flexibility index (Phi) is 21.1. The zero-order valence-corrected chi connectivity index (χ0v) is 21.0. The second kappa shape index (κ2) is 21.2. The van der Waals surface area contributed by atoms with E-state index < -0.39 is 10.0 Å². The van der Waals surface area contributed by atoms with E-state index in [0.717, 1.165) is 12.8 Å². The second-order valence-corrected chi connectivity index (χ2v) is 11.0. The van der Waals surface area contributed by atoms with Gasteiger partial charge in [-0.2, -0.15) is 0 Å². The van der Waals surface area contributed by atoms with E-state index in [0.29, 0.717) is 13.1 Å². The van der Waals surface area contributed by atoms with Crippen LogP contribution in [0.2, 0.25) is 0 Å². The van der Waals surface area contributed by atoms with Crippen molar-refractivity contribution in [1.82, 2.24) is 4.31 Å². The first-order chi connectivity index (χ1) is 14.0. The predicted molar refractivity (Wildman–Crippen MR) is 130 cm³/mol. The van der Waals surface area contributed by atoms with Crippen LogP contribution in [-0.2, 0) is 10.0 Å². The molecule has 0 atom stereocenters. The van der Waals surface area contributed by atoms with E-state index in [-0.39, 0.29) is 0 Å². The topological polar surface area (TPSA) is 37.4 Å². The van der Waals surface area contributed by atoms with Crippen LogP contribution in [0.3, 0.4) is 0 Å². The molecular formula is C25H53NO2S. The van der Waals surface area contributed by atoms with Crippen LogP contribution < -0.4 is 0 Å². The van der Waals surface area contributed by atoms with Crippen LogP contribution in [0, 0.1) is 0 Å². The van der Waals surface area contributed by atoms with Gasteiger partial charge in [0.25, 0.3) is 0 Å². The smallest absolute Gasteiger partial charge is 0.211 e. The standard InChI is InChI=1S/C25H53NO2S/c1-4-6-8-10-12-14-16-18-20-22-24-26(29(3,27)28)25-23-21-19-17-15-13-11-9-7-5-2/h4-25H2,1-3H3. The van der Waals surface area contributed by atoms with Crippen molar-refractivity contribution in [3.05, 3.63) is 0 Å². The SMILES string of the molecule is CCCCCCCCCCCCN(CCCCCCCCCCCC)S(C)(=O)=O. The van der Waals surface area contributed by atoms with Gasteiger partial charge >= 0.3 is 0 Å². The number of hydrogen-bond acceptors (Lipinski definition) is 2. The molecule has 0 aliphatic rings. The molecule has 0 spiro atoms. The highest BCUT2D eigenvalue weighted by Gasteiger charge is 2.15. The molecule has 0 bridgehead atoms. The fourth-order valence-corrected chi connectivity index (χ4v) is 4.92. The van der Waals surface area contributed by atoms with Crippen molar-refractivity contribution in [2.24, 2.45) is 0 Å². The first kappa shape index (κ1) is 28.9. The molecular weight excluding hydrogens is 378 g/mol. The summed E-state index contributed by atoms with van der Waals surface area (Å²) in [5, 5.41) is 0. The van der Waals surface area contributed by atoms with Crippen molar-refractivity contribution >= 4 is 10.0 Å². The van der Waals surface area contributed by atoms with Crippen LogP contribution in [0.4, 0.5) is 0 Å². The Balaban J connectivity index is 3.63. The van der Waals surface area contributed by atoms with Gasteiger partial charge in [0.1, 0.15) is 0 Å². The normalized spacial score (nSPS) is 12.1. The summed E-state index contributed by atoms with van der Waals surface area (Å²) in [5.74, 6) is 0. The van der Waals surface area contributed by atoms with Crippen LogP contribution in [0.15, 0.2) is 0 Å². The fraction of sp³-hybridized carbons (Fsp3) is 1.00. The zero-order valence-electron chi connectivity index (χ0n) is 20.2. The van der Waals surface area contributed by atoms with Crippen LogP contribution in [0.5, 0.6) is 0 Å². The molecule has 0 aliphatic heterocycles. The molecule has 0 amide bonds. The van der Waals surface area contributed by atoms with E-state index in [1.54, 1.807) is 4.31 Å². The second-order valence-electron chi connectivity index (χ2n) is 9.03. The lowest BCUT2D eigenvalue weighted by atomic mass is 10.1. The molecule has 0 fully saturated rings. The maximum Gasteiger partial charge on any atom is 0.211 e. The molecule has 0 saturated heterocycles. The van der Waals surface area contributed by atoms with E-state index in [9.17, 15) is 8.42 Å². The van der Waals surface area contributed by atoms with E-state index in [1.165, 1.54) is 122 Å². The third-order valence-corrected chi connectivity index (χ3v) is 7.29. The van der Waals surface area contributed by atoms with Gasteiger partial charge < -0.3 is 0 Å². The van der Waals surface area contributed by atoms with Gasteiger partial charge in [0, 0.05) is 13.1 Å². The van der Waals surface area contributed by atoms with Crippen molar-refractivity contribution < 1.29 is 8.42 Å². The van der Waals surface area contributed by atoms with Crippen LogP contribution in [0.1, 0.15) is 142 Å². The molecule has 4 heteroatoms. The van der Waals surface area contributed by atoms with Gasteiger partial charge in [-0.15, -0.1) is 0 Å². The average Bonchev–Trinajstić information content (AvgIpc) is 2.68. The van der Waals surface area contributed by atoms with Gasteiger partial charge in [0.2, 0.25) is 10.0 Å². The van der Waals surface area contributed by atoms with Crippen molar-refractivity contribution in [3.63, 3.8) is 0 Å². The molecule has 0 aromatic carbocycles. The fourth-order valence-electron chi connectivity index (χ4n) is 3.99. The Morgan fingerprint density at radius 2 is 0.690 bits per heavy atom.